The second-order valence-electron chi connectivity index (χ2n) is 7.50. The van der Waals surface area contributed by atoms with Gasteiger partial charge in [-0.2, -0.15) is 0 Å². The Morgan fingerprint density at radius 3 is 1.62 bits per heavy atom. The van der Waals surface area contributed by atoms with Crippen LogP contribution in [0.15, 0.2) is 67.5 Å². The Hall–Kier alpha value is -5.27. The number of nitrogens with one attached hydrogen (secondary N) is 2. The number of oxime groups is 3. The molecule has 0 bridgehead atoms. The smallest absolute Gasteiger partial charge is 0.326 e. The Morgan fingerprint density at radius 2 is 1.16 bits per heavy atom. The van der Waals surface area contributed by atoms with Crippen molar-refractivity contribution < 1.29 is 34.9 Å². The number of phenols is 4. The lowest BCUT2D eigenvalue weighted by molar-refractivity contribution is -0.00115. The van der Waals surface area contributed by atoms with Gasteiger partial charge >= 0.3 is 5.69 Å². The van der Waals surface area contributed by atoms with E-state index in [-0.39, 0.29) is 48.5 Å². The first-order valence-corrected chi connectivity index (χ1v) is 10.6. The van der Waals surface area contributed by atoms with Gasteiger partial charge in [0.05, 0.1) is 30.3 Å². The summed E-state index contributed by atoms with van der Waals surface area (Å²) in [6.07, 6.45) is 3.81. The molecule has 0 atom stereocenters. The van der Waals surface area contributed by atoms with Crippen LogP contribution in [0.4, 0.5) is 0 Å². The number of rotatable bonds is 12. The number of aromatic amines is 2. The summed E-state index contributed by atoms with van der Waals surface area (Å²) in [5.74, 6) is -1.57. The van der Waals surface area contributed by atoms with Gasteiger partial charge in [0.25, 0.3) is 5.56 Å². The fraction of sp³-hybridized carbons (Fsp3) is 0.174. The third-order valence-corrected chi connectivity index (χ3v) is 4.53. The van der Waals surface area contributed by atoms with Crippen molar-refractivity contribution in [2.45, 2.75) is 0 Å². The van der Waals surface area contributed by atoms with E-state index in [0.29, 0.717) is 11.1 Å². The van der Waals surface area contributed by atoms with Gasteiger partial charge < -0.3 is 39.9 Å². The van der Waals surface area contributed by atoms with Gasteiger partial charge in [-0.05, 0) is 47.5 Å². The zero-order chi connectivity index (χ0) is 26.6. The number of H-pyrrole nitrogens is 2. The van der Waals surface area contributed by atoms with E-state index >= 15 is 0 Å². The van der Waals surface area contributed by atoms with Gasteiger partial charge in [-0.1, -0.05) is 15.5 Å². The molecule has 0 fully saturated rings. The molecule has 6 N–H and O–H groups in total. The van der Waals surface area contributed by atoms with Crippen LogP contribution in [-0.4, -0.2) is 68.9 Å². The number of aromatic nitrogens is 2. The lowest BCUT2D eigenvalue weighted by Gasteiger charge is -2.12. The van der Waals surface area contributed by atoms with Gasteiger partial charge in [-0.15, -0.1) is 0 Å². The summed E-state index contributed by atoms with van der Waals surface area (Å²) in [5, 5.41) is 49.1. The maximum Gasteiger partial charge on any atom is 0.326 e. The molecule has 3 aromatic rings. The zero-order valence-electron chi connectivity index (χ0n) is 19.1. The van der Waals surface area contributed by atoms with Crippen molar-refractivity contribution in [1.82, 2.24) is 9.97 Å². The van der Waals surface area contributed by atoms with Crippen molar-refractivity contribution in [2.24, 2.45) is 21.4 Å². The van der Waals surface area contributed by atoms with Crippen molar-refractivity contribution in [3.63, 3.8) is 0 Å². The molecule has 2 aromatic carbocycles. The molecule has 3 rings (SSSR count). The SMILES string of the molecule is O=c1cc(/C=N/OCC(CO/N=C/c2ccc(O)c(O)c2)CO/N=C/c2ccc(O)c(O)c2)[nH]c(=O)[nH]1. The Balaban J connectivity index is 1.56. The molecule has 1 heterocycles. The summed E-state index contributed by atoms with van der Waals surface area (Å²) in [7, 11) is 0. The van der Waals surface area contributed by atoms with Gasteiger partial charge in [-0.25, -0.2) is 4.79 Å². The van der Waals surface area contributed by atoms with Crippen LogP contribution < -0.4 is 11.2 Å². The minimum absolute atomic E-state index is 0.00738. The molecule has 37 heavy (non-hydrogen) atoms. The second-order valence-corrected chi connectivity index (χ2v) is 7.50. The summed E-state index contributed by atoms with van der Waals surface area (Å²) < 4.78 is 0. The molecule has 0 saturated heterocycles. The standard InChI is InChI=1S/C23H23N5O9/c29-18-3-1-14(5-20(18)31)8-24-35-11-16(12-36-25-9-15-2-4-19(30)21(32)6-15)13-37-26-10-17-7-22(33)28-23(34)27-17/h1-10,16,29-32H,11-13H2,(H2,27,28,33,34)/b24-8+,25-9+,26-10+. The summed E-state index contributed by atoms with van der Waals surface area (Å²) in [4.78, 5) is 42.8. The third-order valence-electron chi connectivity index (χ3n) is 4.53. The monoisotopic (exact) mass is 513 g/mol. The van der Waals surface area contributed by atoms with Crippen LogP contribution in [0.2, 0.25) is 0 Å². The lowest BCUT2D eigenvalue weighted by atomic mass is 10.2. The van der Waals surface area contributed by atoms with Crippen LogP contribution in [0.25, 0.3) is 0 Å². The predicted molar refractivity (Wildman–Crippen MR) is 131 cm³/mol. The molecule has 0 spiro atoms. The Morgan fingerprint density at radius 1 is 0.676 bits per heavy atom. The topological polar surface area (TPSA) is 211 Å². The van der Waals surface area contributed by atoms with Crippen molar-refractivity contribution >= 4 is 18.6 Å². The molecule has 14 heteroatoms. The summed E-state index contributed by atoms with van der Waals surface area (Å²) in [6, 6.07) is 9.39. The minimum atomic E-state index is -0.687. The van der Waals surface area contributed by atoms with Crippen molar-refractivity contribution in [3.8, 4) is 23.0 Å². The Bertz CT molecular complexity index is 1300. The Kier molecular flexibility index (Phi) is 9.25. The van der Waals surface area contributed by atoms with Crippen LogP contribution in [0.5, 0.6) is 23.0 Å². The van der Waals surface area contributed by atoms with Crippen LogP contribution in [-0.2, 0) is 14.5 Å². The normalized spacial score (nSPS) is 11.6. The maximum atomic E-state index is 11.3. The third kappa shape index (κ3) is 8.79. The molecule has 14 nitrogen and oxygen atoms in total. The quantitative estimate of drug-likeness (QED) is 0.115. The number of phenolic OH excluding ortho intramolecular Hbond substituents is 4. The second kappa shape index (κ2) is 13.0. The van der Waals surface area contributed by atoms with Gasteiger partial charge in [0.2, 0.25) is 0 Å². The lowest BCUT2D eigenvalue weighted by Crippen LogP contribution is -2.23. The number of aromatic hydroxyl groups is 4. The van der Waals surface area contributed by atoms with Crippen LogP contribution in [0, 0.1) is 5.92 Å². The molecule has 0 aliphatic heterocycles. The average molecular weight is 513 g/mol. The highest BCUT2D eigenvalue weighted by Gasteiger charge is 2.12. The number of benzene rings is 2. The van der Waals surface area contributed by atoms with Crippen LogP contribution in [0.3, 0.4) is 0 Å². The summed E-state index contributed by atoms with van der Waals surface area (Å²) in [5.41, 5.74) is -0.172. The van der Waals surface area contributed by atoms with Gasteiger partial charge in [0.1, 0.15) is 19.8 Å². The Labute approximate surface area is 208 Å². The van der Waals surface area contributed by atoms with E-state index in [1.165, 1.54) is 48.8 Å². The first kappa shape index (κ1) is 26.3. The molecule has 0 amide bonds. The molecule has 0 aliphatic rings. The summed E-state index contributed by atoms with van der Waals surface area (Å²) in [6.45, 7) is -0.00413. The van der Waals surface area contributed by atoms with Crippen molar-refractivity contribution in [1.29, 1.82) is 0 Å². The highest BCUT2D eigenvalue weighted by atomic mass is 16.7. The molecule has 0 aliphatic carbocycles. The first-order valence-electron chi connectivity index (χ1n) is 10.6. The number of nitrogens with zero attached hydrogens (tertiary/aromatic N) is 3. The van der Waals surface area contributed by atoms with E-state index in [1.54, 1.807) is 0 Å². The zero-order valence-corrected chi connectivity index (χ0v) is 19.1. The van der Waals surface area contributed by atoms with Gasteiger partial charge in [0.15, 0.2) is 23.0 Å². The van der Waals surface area contributed by atoms with E-state index in [9.17, 15) is 30.0 Å². The molecule has 0 unspecified atom stereocenters. The predicted octanol–water partition coefficient (Wildman–Crippen LogP) is 0.954. The molecule has 0 saturated carbocycles. The maximum absolute atomic E-state index is 11.3. The van der Waals surface area contributed by atoms with Crippen molar-refractivity contribution in [3.05, 3.63) is 80.1 Å². The van der Waals surface area contributed by atoms with Crippen LogP contribution >= 0.6 is 0 Å². The van der Waals surface area contributed by atoms with E-state index in [2.05, 4.69) is 20.5 Å². The molecular formula is C23H23N5O9. The number of hydrogen-bond acceptors (Lipinski definition) is 12. The van der Waals surface area contributed by atoms with Crippen molar-refractivity contribution in [2.75, 3.05) is 19.8 Å². The first-order chi connectivity index (χ1) is 17.8. The average Bonchev–Trinajstić information content (AvgIpc) is 2.85. The molecular weight excluding hydrogens is 490 g/mol. The molecule has 0 radical (unpaired) electrons. The summed E-state index contributed by atoms with van der Waals surface area (Å²) >= 11 is 0. The van der Waals surface area contributed by atoms with Crippen LogP contribution in [0.1, 0.15) is 16.8 Å². The fourth-order valence-corrected chi connectivity index (χ4v) is 2.68. The largest absolute Gasteiger partial charge is 0.504 e. The highest BCUT2D eigenvalue weighted by Crippen LogP contribution is 2.24. The van der Waals surface area contributed by atoms with E-state index < -0.39 is 17.2 Å². The molecule has 194 valence electrons. The fourth-order valence-electron chi connectivity index (χ4n) is 2.68. The van der Waals surface area contributed by atoms with E-state index in [1.807, 2.05) is 4.98 Å². The molecule has 1 aromatic heterocycles. The van der Waals surface area contributed by atoms with Gasteiger partial charge in [0, 0.05) is 6.07 Å². The van der Waals surface area contributed by atoms with E-state index in [0.717, 1.165) is 12.3 Å². The minimum Gasteiger partial charge on any atom is -0.504 e. The number of hydrogen-bond donors (Lipinski definition) is 6. The van der Waals surface area contributed by atoms with E-state index in [4.69, 9.17) is 14.5 Å². The highest BCUT2D eigenvalue weighted by molar-refractivity contribution is 5.80. The van der Waals surface area contributed by atoms with Gasteiger partial charge in [-0.3, -0.25) is 9.78 Å².